The standard InChI is InChI=1S/C10H17N3O2/c1-7(2)9(6-14)11-10(15)8-4-5-13(3)12-8/h4-5,7,9,14H,6H2,1-3H3,(H,11,15). The minimum atomic E-state index is -0.247. The topological polar surface area (TPSA) is 67.2 Å². The van der Waals surface area contributed by atoms with E-state index in [1.54, 1.807) is 24.0 Å². The molecule has 2 N–H and O–H groups in total. The van der Waals surface area contributed by atoms with Crippen molar-refractivity contribution in [2.75, 3.05) is 6.61 Å². The molecule has 0 aliphatic carbocycles. The summed E-state index contributed by atoms with van der Waals surface area (Å²) in [5.41, 5.74) is 0.372. The van der Waals surface area contributed by atoms with Crippen molar-refractivity contribution >= 4 is 5.91 Å². The molecule has 1 amide bonds. The lowest BCUT2D eigenvalue weighted by Crippen LogP contribution is -2.41. The van der Waals surface area contributed by atoms with E-state index < -0.39 is 0 Å². The summed E-state index contributed by atoms with van der Waals surface area (Å²) >= 11 is 0. The Morgan fingerprint density at radius 2 is 2.33 bits per heavy atom. The second kappa shape index (κ2) is 4.93. The third-order valence-electron chi connectivity index (χ3n) is 2.26. The molecule has 0 spiro atoms. The Labute approximate surface area is 89.1 Å². The van der Waals surface area contributed by atoms with Crippen LogP contribution in [0.15, 0.2) is 12.3 Å². The highest BCUT2D eigenvalue weighted by Crippen LogP contribution is 2.02. The van der Waals surface area contributed by atoms with Crippen LogP contribution >= 0.6 is 0 Å². The fraction of sp³-hybridized carbons (Fsp3) is 0.600. The molecule has 1 aromatic heterocycles. The number of nitrogens with zero attached hydrogens (tertiary/aromatic N) is 2. The van der Waals surface area contributed by atoms with E-state index in [0.29, 0.717) is 5.69 Å². The summed E-state index contributed by atoms with van der Waals surface area (Å²) in [5, 5.41) is 15.8. The van der Waals surface area contributed by atoms with Crippen LogP contribution in [-0.2, 0) is 7.05 Å². The molecule has 0 aliphatic heterocycles. The summed E-state index contributed by atoms with van der Waals surface area (Å²) in [6, 6.07) is 1.42. The van der Waals surface area contributed by atoms with Gasteiger partial charge in [-0.1, -0.05) is 13.8 Å². The maximum Gasteiger partial charge on any atom is 0.272 e. The number of amides is 1. The van der Waals surface area contributed by atoms with Gasteiger partial charge in [0.15, 0.2) is 0 Å². The van der Waals surface area contributed by atoms with Crippen molar-refractivity contribution in [3.63, 3.8) is 0 Å². The van der Waals surface area contributed by atoms with Gasteiger partial charge in [-0.05, 0) is 12.0 Å². The summed E-state index contributed by atoms with van der Waals surface area (Å²) in [4.78, 5) is 11.6. The van der Waals surface area contributed by atoms with Gasteiger partial charge in [-0.25, -0.2) is 0 Å². The van der Waals surface area contributed by atoms with Crippen molar-refractivity contribution in [2.24, 2.45) is 13.0 Å². The van der Waals surface area contributed by atoms with Crippen LogP contribution in [0.3, 0.4) is 0 Å². The Morgan fingerprint density at radius 1 is 1.67 bits per heavy atom. The van der Waals surface area contributed by atoms with Crippen LogP contribution < -0.4 is 5.32 Å². The maximum absolute atomic E-state index is 11.6. The molecular formula is C10H17N3O2. The largest absolute Gasteiger partial charge is 0.394 e. The van der Waals surface area contributed by atoms with E-state index in [1.165, 1.54) is 0 Å². The van der Waals surface area contributed by atoms with Crippen LogP contribution in [0.1, 0.15) is 24.3 Å². The molecule has 0 saturated carbocycles. The van der Waals surface area contributed by atoms with Crippen molar-refractivity contribution in [2.45, 2.75) is 19.9 Å². The summed E-state index contributed by atoms with van der Waals surface area (Å²) in [5.74, 6) is -0.0500. The predicted molar refractivity (Wildman–Crippen MR) is 56.4 cm³/mol. The van der Waals surface area contributed by atoms with Crippen LogP contribution in [0.25, 0.3) is 0 Å². The third-order valence-corrected chi connectivity index (χ3v) is 2.26. The van der Waals surface area contributed by atoms with Crippen LogP contribution in [0, 0.1) is 5.92 Å². The first-order chi connectivity index (χ1) is 7.04. The summed E-state index contributed by atoms with van der Waals surface area (Å²) in [7, 11) is 1.75. The Bertz CT molecular complexity index is 333. The van der Waals surface area contributed by atoms with Gasteiger partial charge < -0.3 is 10.4 Å². The van der Waals surface area contributed by atoms with Crippen LogP contribution in [0.5, 0.6) is 0 Å². The Kier molecular flexibility index (Phi) is 3.85. The molecule has 0 aliphatic rings. The average Bonchev–Trinajstić information content (AvgIpc) is 2.60. The number of carbonyl (C=O) groups is 1. The molecule has 1 unspecified atom stereocenters. The van der Waals surface area contributed by atoms with Crippen LogP contribution in [0.2, 0.25) is 0 Å². The zero-order chi connectivity index (χ0) is 11.4. The molecule has 1 atom stereocenters. The number of carbonyl (C=O) groups excluding carboxylic acids is 1. The van der Waals surface area contributed by atoms with Gasteiger partial charge in [0, 0.05) is 13.2 Å². The molecular weight excluding hydrogens is 194 g/mol. The van der Waals surface area contributed by atoms with Crippen molar-refractivity contribution in [1.82, 2.24) is 15.1 Å². The zero-order valence-electron chi connectivity index (χ0n) is 9.27. The second-order valence-electron chi connectivity index (χ2n) is 3.88. The van der Waals surface area contributed by atoms with E-state index >= 15 is 0 Å². The minimum Gasteiger partial charge on any atom is -0.394 e. The first-order valence-electron chi connectivity index (χ1n) is 4.96. The normalized spacial score (nSPS) is 12.9. The number of aryl methyl sites for hydroxylation is 1. The molecule has 5 nitrogen and oxygen atoms in total. The summed E-state index contributed by atoms with van der Waals surface area (Å²) < 4.78 is 1.57. The van der Waals surface area contributed by atoms with Gasteiger partial charge in [0.2, 0.25) is 0 Å². The molecule has 1 aromatic rings. The SMILES string of the molecule is CC(C)C(CO)NC(=O)c1ccn(C)n1. The molecule has 84 valence electrons. The van der Waals surface area contributed by atoms with E-state index in [1.807, 2.05) is 13.8 Å². The Balaban J connectivity index is 2.62. The van der Waals surface area contributed by atoms with E-state index in [-0.39, 0.29) is 24.5 Å². The molecule has 15 heavy (non-hydrogen) atoms. The smallest absolute Gasteiger partial charge is 0.272 e. The average molecular weight is 211 g/mol. The van der Waals surface area contributed by atoms with Crippen molar-refractivity contribution < 1.29 is 9.90 Å². The molecule has 1 heterocycles. The highest BCUT2D eigenvalue weighted by Gasteiger charge is 2.17. The number of hydrogen-bond acceptors (Lipinski definition) is 3. The predicted octanol–water partition coefficient (Wildman–Crippen LogP) is 0.167. The van der Waals surface area contributed by atoms with Gasteiger partial charge in [-0.15, -0.1) is 0 Å². The fourth-order valence-electron chi connectivity index (χ4n) is 1.20. The quantitative estimate of drug-likeness (QED) is 0.746. The molecule has 1 rings (SSSR count). The van der Waals surface area contributed by atoms with E-state index in [0.717, 1.165) is 0 Å². The lowest BCUT2D eigenvalue weighted by atomic mass is 10.1. The Morgan fingerprint density at radius 3 is 2.73 bits per heavy atom. The van der Waals surface area contributed by atoms with E-state index in [9.17, 15) is 4.79 Å². The zero-order valence-corrected chi connectivity index (χ0v) is 9.27. The highest BCUT2D eigenvalue weighted by molar-refractivity contribution is 5.92. The van der Waals surface area contributed by atoms with Gasteiger partial charge >= 0.3 is 0 Å². The lowest BCUT2D eigenvalue weighted by molar-refractivity contribution is 0.0891. The number of aliphatic hydroxyl groups is 1. The Hall–Kier alpha value is -1.36. The monoisotopic (exact) mass is 211 g/mol. The van der Waals surface area contributed by atoms with Gasteiger partial charge in [0.25, 0.3) is 5.91 Å². The van der Waals surface area contributed by atoms with Crippen LogP contribution in [-0.4, -0.2) is 33.4 Å². The van der Waals surface area contributed by atoms with Crippen molar-refractivity contribution in [1.29, 1.82) is 0 Å². The molecule has 0 aromatic carbocycles. The molecule has 0 radical (unpaired) electrons. The van der Waals surface area contributed by atoms with Crippen molar-refractivity contribution in [3.8, 4) is 0 Å². The lowest BCUT2D eigenvalue weighted by Gasteiger charge is -2.18. The summed E-state index contributed by atoms with van der Waals surface area (Å²) in [6.07, 6.45) is 1.71. The van der Waals surface area contributed by atoms with Crippen LogP contribution in [0.4, 0.5) is 0 Å². The molecule has 5 heteroatoms. The van der Waals surface area contributed by atoms with E-state index in [4.69, 9.17) is 5.11 Å². The number of rotatable bonds is 4. The number of hydrogen-bond donors (Lipinski definition) is 2. The van der Waals surface area contributed by atoms with Gasteiger partial charge in [-0.3, -0.25) is 9.48 Å². The first-order valence-corrected chi connectivity index (χ1v) is 4.96. The van der Waals surface area contributed by atoms with Gasteiger partial charge in [0.05, 0.1) is 12.6 Å². The summed E-state index contributed by atoms with van der Waals surface area (Å²) in [6.45, 7) is 3.83. The third kappa shape index (κ3) is 3.06. The van der Waals surface area contributed by atoms with Gasteiger partial charge in [-0.2, -0.15) is 5.10 Å². The second-order valence-corrected chi connectivity index (χ2v) is 3.88. The first kappa shape index (κ1) is 11.7. The fourth-order valence-corrected chi connectivity index (χ4v) is 1.20. The van der Waals surface area contributed by atoms with E-state index in [2.05, 4.69) is 10.4 Å². The molecule has 0 saturated heterocycles. The highest BCUT2D eigenvalue weighted by atomic mass is 16.3. The number of nitrogens with one attached hydrogen (secondary N) is 1. The number of aliphatic hydroxyl groups excluding tert-OH is 1. The van der Waals surface area contributed by atoms with Crippen molar-refractivity contribution in [3.05, 3.63) is 18.0 Å². The maximum atomic E-state index is 11.6. The number of aromatic nitrogens is 2. The van der Waals surface area contributed by atoms with Gasteiger partial charge in [0.1, 0.15) is 5.69 Å². The molecule has 0 bridgehead atoms. The molecule has 0 fully saturated rings. The minimum absolute atomic E-state index is 0.0593.